The van der Waals surface area contributed by atoms with Crippen molar-refractivity contribution in [3.8, 4) is 0 Å². The van der Waals surface area contributed by atoms with Crippen molar-refractivity contribution in [2.75, 3.05) is 6.54 Å². The molecule has 0 radical (unpaired) electrons. The van der Waals surface area contributed by atoms with E-state index >= 15 is 0 Å². The summed E-state index contributed by atoms with van der Waals surface area (Å²) in [5.74, 6) is 0. The highest BCUT2D eigenvalue weighted by molar-refractivity contribution is 5.45. The van der Waals surface area contributed by atoms with Crippen LogP contribution in [-0.2, 0) is 11.3 Å². The summed E-state index contributed by atoms with van der Waals surface area (Å²) in [6.07, 6.45) is 9.95. The van der Waals surface area contributed by atoms with Gasteiger partial charge in [-0.15, -0.1) is 0 Å². The largest absolute Gasteiger partial charge is 0.393 e. The van der Waals surface area contributed by atoms with Crippen LogP contribution in [0.5, 0.6) is 0 Å². The highest BCUT2D eigenvalue weighted by Gasteiger charge is 2.09. The number of nitrogens with one attached hydrogen (secondary N) is 1. The maximum atomic E-state index is 10.2. The molecule has 0 saturated carbocycles. The van der Waals surface area contributed by atoms with E-state index < -0.39 is 0 Å². The van der Waals surface area contributed by atoms with Gasteiger partial charge < -0.3 is 15.3 Å². The number of allylic oxidation sites excluding steroid dienone is 2. The van der Waals surface area contributed by atoms with Crippen LogP contribution in [0, 0.1) is 0 Å². The lowest BCUT2D eigenvalue weighted by atomic mass is 10.0. The van der Waals surface area contributed by atoms with Gasteiger partial charge in [0.25, 0.3) is 0 Å². The number of hydrogen-bond donors (Lipinski definition) is 2. The molecule has 1 aromatic carbocycles. The molecule has 2 N–H and O–H groups in total. The molecule has 0 fully saturated rings. The minimum absolute atomic E-state index is 0.359. The van der Waals surface area contributed by atoms with Gasteiger partial charge in [-0.25, -0.2) is 0 Å². The van der Waals surface area contributed by atoms with Gasteiger partial charge in [-0.2, -0.15) is 0 Å². The SMILES string of the molecule is O=CNCCC(O)CCC1=CN(Cc2ccccc2)C=CC1. The Morgan fingerprint density at radius 3 is 2.86 bits per heavy atom. The van der Waals surface area contributed by atoms with Crippen LogP contribution >= 0.6 is 0 Å². The second kappa shape index (κ2) is 9.05. The summed E-state index contributed by atoms with van der Waals surface area (Å²) in [5, 5.41) is 12.5. The maximum Gasteiger partial charge on any atom is 0.207 e. The summed E-state index contributed by atoms with van der Waals surface area (Å²) in [7, 11) is 0. The van der Waals surface area contributed by atoms with Gasteiger partial charge in [-0.05, 0) is 31.2 Å². The topological polar surface area (TPSA) is 52.6 Å². The van der Waals surface area contributed by atoms with Crippen molar-refractivity contribution in [3.63, 3.8) is 0 Å². The van der Waals surface area contributed by atoms with Gasteiger partial charge in [0.2, 0.25) is 6.41 Å². The van der Waals surface area contributed by atoms with Crippen LogP contribution in [0.4, 0.5) is 0 Å². The molecule has 1 atom stereocenters. The van der Waals surface area contributed by atoms with Crippen molar-refractivity contribution < 1.29 is 9.90 Å². The predicted octanol–water partition coefficient (Wildman–Crippen LogP) is 2.57. The molecule has 1 unspecified atom stereocenters. The fourth-order valence-electron chi connectivity index (χ4n) is 2.53. The summed E-state index contributed by atoms with van der Waals surface area (Å²) in [6, 6.07) is 10.4. The number of carbonyl (C=O) groups is 1. The molecule has 1 heterocycles. The Hall–Kier alpha value is -2.07. The zero-order valence-electron chi connectivity index (χ0n) is 12.8. The number of amides is 1. The summed E-state index contributed by atoms with van der Waals surface area (Å²) in [4.78, 5) is 12.4. The third-order valence-electron chi connectivity index (χ3n) is 3.74. The molecule has 4 nitrogen and oxygen atoms in total. The van der Waals surface area contributed by atoms with E-state index in [1.54, 1.807) is 0 Å². The lowest BCUT2D eigenvalue weighted by molar-refractivity contribution is -0.109. The van der Waals surface area contributed by atoms with Crippen LogP contribution in [0.2, 0.25) is 0 Å². The first-order valence-electron chi connectivity index (χ1n) is 7.79. The third-order valence-corrected chi connectivity index (χ3v) is 3.74. The van der Waals surface area contributed by atoms with Crippen LogP contribution in [-0.4, -0.2) is 29.1 Å². The van der Waals surface area contributed by atoms with E-state index in [9.17, 15) is 9.90 Å². The highest BCUT2D eigenvalue weighted by atomic mass is 16.3. The first-order chi connectivity index (χ1) is 10.8. The molecule has 0 bridgehead atoms. The maximum absolute atomic E-state index is 10.2. The highest BCUT2D eigenvalue weighted by Crippen LogP contribution is 2.20. The molecule has 0 saturated heterocycles. The third kappa shape index (κ3) is 5.74. The molecule has 0 aliphatic carbocycles. The molecule has 2 rings (SSSR count). The number of aliphatic hydroxyl groups is 1. The Kier molecular flexibility index (Phi) is 6.71. The van der Waals surface area contributed by atoms with Crippen molar-refractivity contribution >= 4 is 6.41 Å². The van der Waals surface area contributed by atoms with Gasteiger partial charge in [-0.3, -0.25) is 4.79 Å². The van der Waals surface area contributed by atoms with Crippen molar-refractivity contribution in [1.82, 2.24) is 10.2 Å². The molecule has 1 amide bonds. The number of benzene rings is 1. The average molecular weight is 300 g/mol. The van der Waals surface area contributed by atoms with E-state index in [1.165, 1.54) is 11.1 Å². The quantitative estimate of drug-likeness (QED) is 0.544. The number of carbonyl (C=O) groups excluding carboxylic acids is 1. The Morgan fingerprint density at radius 2 is 2.09 bits per heavy atom. The molecular weight excluding hydrogens is 276 g/mol. The van der Waals surface area contributed by atoms with Gasteiger partial charge in [0, 0.05) is 25.5 Å². The van der Waals surface area contributed by atoms with Crippen LogP contribution < -0.4 is 5.32 Å². The van der Waals surface area contributed by atoms with E-state index in [2.05, 4.69) is 53.0 Å². The molecule has 4 heteroatoms. The van der Waals surface area contributed by atoms with E-state index in [0.29, 0.717) is 19.4 Å². The van der Waals surface area contributed by atoms with Gasteiger partial charge in [0.1, 0.15) is 0 Å². The fraction of sp³-hybridized carbons (Fsp3) is 0.389. The fourth-order valence-corrected chi connectivity index (χ4v) is 2.53. The first kappa shape index (κ1) is 16.3. The first-order valence-corrected chi connectivity index (χ1v) is 7.79. The lowest BCUT2D eigenvalue weighted by Crippen LogP contribution is -2.19. The van der Waals surface area contributed by atoms with Crippen LogP contribution in [0.1, 0.15) is 31.2 Å². The Morgan fingerprint density at radius 1 is 1.27 bits per heavy atom. The van der Waals surface area contributed by atoms with Crippen LogP contribution in [0.3, 0.4) is 0 Å². The van der Waals surface area contributed by atoms with Crippen molar-refractivity contribution in [1.29, 1.82) is 0 Å². The minimum atomic E-state index is -0.359. The van der Waals surface area contributed by atoms with Crippen LogP contribution in [0.15, 0.2) is 54.4 Å². The van der Waals surface area contributed by atoms with Gasteiger partial charge in [0.05, 0.1) is 6.10 Å². The smallest absolute Gasteiger partial charge is 0.207 e. The molecule has 22 heavy (non-hydrogen) atoms. The zero-order chi connectivity index (χ0) is 15.6. The Labute approximate surface area is 132 Å². The lowest BCUT2D eigenvalue weighted by Gasteiger charge is -2.22. The zero-order valence-corrected chi connectivity index (χ0v) is 12.8. The summed E-state index contributed by atoms with van der Waals surface area (Å²) in [5.41, 5.74) is 2.62. The normalized spacial score (nSPS) is 15.3. The van der Waals surface area contributed by atoms with Gasteiger partial charge in [0.15, 0.2) is 0 Å². The Balaban J connectivity index is 1.77. The molecule has 118 valence electrons. The number of aliphatic hydroxyl groups excluding tert-OH is 1. The van der Waals surface area contributed by atoms with Crippen LogP contribution in [0.25, 0.3) is 0 Å². The van der Waals surface area contributed by atoms with Crippen molar-refractivity contribution in [3.05, 3.63) is 59.9 Å². The van der Waals surface area contributed by atoms with E-state index in [0.717, 1.165) is 25.8 Å². The number of hydrogen-bond acceptors (Lipinski definition) is 3. The van der Waals surface area contributed by atoms with E-state index in [-0.39, 0.29) is 6.10 Å². The van der Waals surface area contributed by atoms with E-state index in [1.807, 2.05) is 6.07 Å². The molecular formula is C18H24N2O2. The predicted molar refractivity (Wildman–Crippen MR) is 87.7 cm³/mol. The van der Waals surface area contributed by atoms with Gasteiger partial charge >= 0.3 is 0 Å². The van der Waals surface area contributed by atoms with Crippen molar-refractivity contribution in [2.24, 2.45) is 0 Å². The summed E-state index contributed by atoms with van der Waals surface area (Å²) in [6.45, 7) is 1.40. The molecule has 1 aliphatic rings. The summed E-state index contributed by atoms with van der Waals surface area (Å²) < 4.78 is 0. The second-order valence-electron chi connectivity index (χ2n) is 5.59. The molecule has 0 aromatic heterocycles. The molecule has 1 aromatic rings. The monoisotopic (exact) mass is 300 g/mol. The number of rotatable bonds is 9. The molecule has 1 aliphatic heterocycles. The minimum Gasteiger partial charge on any atom is -0.393 e. The van der Waals surface area contributed by atoms with E-state index in [4.69, 9.17) is 0 Å². The molecule has 0 spiro atoms. The second-order valence-corrected chi connectivity index (χ2v) is 5.59. The van der Waals surface area contributed by atoms with Gasteiger partial charge in [-0.1, -0.05) is 42.0 Å². The Bertz CT molecular complexity index is 511. The number of nitrogens with zero attached hydrogens (tertiary/aromatic N) is 1. The van der Waals surface area contributed by atoms with Crippen molar-refractivity contribution in [2.45, 2.75) is 38.3 Å². The average Bonchev–Trinajstić information content (AvgIpc) is 2.55. The summed E-state index contributed by atoms with van der Waals surface area (Å²) >= 11 is 0. The standard InChI is InChI=1S/C18H24N2O2/c21-15-19-11-10-18(22)9-8-17-7-4-12-20(14-17)13-16-5-2-1-3-6-16/h1-6,12,14-15,18,22H,7-11,13H2,(H,19,21).